The first kappa shape index (κ1) is 21.1. The normalized spacial score (nSPS) is 15.1. The molecular formula is C24H31N3O2. The third-order valence-corrected chi connectivity index (χ3v) is 5.45. The lowest BCUT2D eigenvalue weighted by molar-refractivity contribution is -0.121. The molecule has 5 heteroatoms. The lowest BCUT2D eigenvalue weighted by atomic mass is 9.95. The van der Waals surface area contributed by atoms with E-state index in [4.69, 9.17) is 0 Å². The number of benzene rings is 2. The fraction of sp³-hybridized carbons (Fsp3) is 0.417. The highest BCUT2D eigenvalue weighted by atomic mass is 16.2. The number of piperidine rings is 1. The van der Waals surface area contributed by atoms with Crippen molar-refractivity contribution in [2.75, 3.05) is 25.0 Å². The van der Waals surface area contributed by atoms with Gasteiger partial charge < -0.3 is 10.6 Å². The first-order chi connectivity index (χ1) is 14.2. The zero-order valence-corrected chi connectivity index (χ0v) is 17.2. The maximum Gasteiger partial charge on any atom is 0.253 e. The van der Waals surface area contributed by atoms with Crippen LogP contribution in [0.1, 0.15) is 48.5 Å². The number of nitrogens with one attached hydrogen (secondary N) is 2. The Morgan fingerprint density at radius 1 is 1.00 bits per heavy atom. The molecule has 0 spiro atoms. The van der Waals surface area contributed by atoms with Gasteiger partial charge in [0.25, 0.3) is 5.91 Å². The van der Waals surface area contributed by atoms with Crippen molar-refractivity contribution in [2.24, 2.45) is 5.92 Å². The van der Waals surface area contributed by atoms with Gasteiger partial charge >= 0.3 is 0 Å². The number of carbonyl (C=O) groups is 2. The number of rotatable bonds is 8. The minimum Gasteiger partial charge on any atom is -0.352 e. The molecule has 2 N–H and O–H groups in total. The van der Waals surface area contributed by atoms with Gasteiger partial charge in [0.15, 0.2) is 0 Å². The van der Waals surface area contributed by atoms with Crippen molar-refractivity contribution < 1.29 is 9.59 Å². The summed E-state index contributed by atoms with van der Waals surface area (Å²) < 4.78 is 0. The van der Waals surface area contributed by atoms with Crippen LogP contribution in [0.4, 0.5) is 5.69 Å². The molecule has 0 radical (unpaired) electrons. The van der Waals surface area contributed by atoms with Gasteiger partial charge in [-0.05, 0) is 50.0 Å². The van der Waals surface area contributed by atoms with Crippen LogP contribution in [-0.4, -0.2) is 36.3 Å². The molecule has 0 saturated carbocycles. The zero-order chi connectivity index (χ0) is 20.5. The average molecular weight is 394 g/mol. The molecule has 154 valence electrons. The van der Waals surface area contributed by atoms with E-state index in [-0.39, 0.29) is 17.7 Å². The summed E-state index contributed by atoms with van der Waals surface area (Å²) in [7, 11) is 0. The number of carbonyl (C=O) groups excluding carboxylic acids is 2. The van der Waals surface area contributed by atoms with Gasteiger partial charge in [-0.3, -0.25) is 14.5 Å². The molecule has 0 aliphatic carbocycles. The average Bonchev–Trinajstić information content (AvgIpc) is 2.75. The van der Waals surface area contributed by atoms with Gasteiger partial charge in [-0.2, -0.15) is 0 Å². The molecule has 1 aliphatic heterocycles. The third kappa shape index (κ3) is 6.16. The van der Waals surface area contributed by atoms with Gasteiger partial charge in [-0.1, -0.05) is 55.8 Å². The van der Waals surface area contributed by atoms with Gasteiger partial charge in [0.2, 0.25) is 5.91 Å². The number of hydrogen-bond donors (Lipinski definition) is 2. The van der Waals surface area contributed by atoms with E-state index >= 15 is 0 Å². The van der Waals surface area contributed by atoms with E-state index in [1.807, 2.05) is 18.2 Å². The van der Waals surface area contributed by atoms with Crippen molar-refractivity contribution in [3.63, 3.8) is 0 Å². The molecule has 1 fully saturated rings. The van der Waals surface area contributed by atoms with E-state index in [1.54, 1.807) is 12.1 Å². The van der Waals surface area contributed by atoms with E-state index < -0.39 is 0 Å². The van der Waals surface area contributed by atoms with Crippen molar-refractivity contribution in [3.05, 3.63) is 65.7 Å². The number of para-hydroxylation sites is 1. The van der Waals surface area contributed by atoms with Crippen LogP contribution in [0.15, 0.2) is 54.6 Å². The third-order valence-electron chi connectivity index (χ3n) is 5.45. The summed E-state index contributed by atoms with van der Waals surface area (Å²) in [6.07, 6.45) is 3.65. The maximum atomic E-state index is 12.8. The lowest BCUT2D eigenvalue weighted by Crippen LogP contribution is -2.38. The fourth-order valence-corrected chi connectivity index (χ4v) is 3.69. The summed E-state index contributed by atoms with van der Waals surface area (Å²) in [5.74, 6) is -0.136. The van der Waals surface area contributed by atoms with E-state index in [0.717, 1.165) is 45.3 Å². The number of likely N-dealkylation sites (tertiary alicyclic amines) is 1. The van der Waals surface area contributed by atoms with Gasteiger partial charge in [0.05, 0.1) is 11.3 Å². The van der Waals surface area contributed by atoms with Gasteiger partial charge in [-0.25, -0.2) is 0 Å². The van der Waals surface area contributed by atoms with Gasteiger partial charge in [0, 0.05) is 19.0 Å². The van der Waals surface area contributed by atoms with Crippen LogP contribution in [0.2, 0.25) is 0 Å². The van der Waals surface area contributed by atoms with Crippen molar-refractivity contribution in [1.29, 1.82) is 0 Å². The molecule has 0 aromatic heterocycles. The van der Waals surface area contributed by atoms with E-state index in [1.165, 1.54) is 5.56 Å². The SMILES string of the molecule is CCCCNC(=O)c1ccccc1NC(=O)C1CCN(Cc2ccccc2)CC1. The quantitative estimate of drug-likeness (QED) is 0.665. The van der Waals surface area contributed by atoms with E-state index in [2.05, 4.69) is 46.7 Å². The van der Waals surface area contributed by atoms with E-state index in [0.29, 0.717) is 17.8 Å². The van der Waals surface area contributed by atoms with Crippen molar-refractivity contribution in [3.8, 4) is 0 Å². The zero-order valence-electron chi connectivity index (χ0n) is 17.2. The van der Waals surface area contributed by atoms with Crippen LogP contribution in [0.3, 0.4) is 0 Å². The molecule has 0 bridgehead atoms. The number of hydrogen-bond acceptors (Lipinski definition) is 3. The molecule has 29 heavy (non-hydrogen) atoms. The van der Waals surface area contributed by atoms with Crippen LogP contribution in [0.5, 0.6) is 0 Å². The second-order valence-electron chi connectivity index (χ2n) is 7.68. The summed E-state index contributed by atoms with van der Waals surface area (Å²) in [5.41, 5.74) is 2.43. The minimum atomic E-state index is -0.132. The molecule has 3 rings (SSSR count). The number of unbranched alkanes of at least 4 members (excludes halogenated alkanes) is 1. The van der Waals surface area contributed by atoms with Crippen molar-refractivity contribution >= 4 is 17.5 Å². The smallest absolute Gasteiger partial charge is 0.253 e. The number of nitrogens with zero attached hydrogens (tertiary/aromatic N) is 1. The summed E-state index contributed by atoms with van der Waals surface area (Å²) in [6.45, 7) is 5.48. The molecule has 0 unspecified atom stereocenters. The van der Waals surface area contributed by atoms with Gasteiger partial charge in [0.1, 0.15) is 0 Å². The minimum absolute atomic E-state index is 0.0122. The Hall–Kier alpha value is -2.66. The van der Waals surface area contributed by atoms with Crippen LogP contribution in [-0.2, 0) is 11.3 Å². The Morgan fingerprint density at radius 3 is 2.41 bits per heavy atom. The lowest BCUT2D eigenvalue weighted by Gasteiger charge is -2.31. The van der Waals surface area contributed by atoms with E-state index in [9.17, 15) is 9.59 Å². The summed E-state index contributed by atoms with van der Waals surface area (Å²) in [6, 6.07) is 17.7. The topological polar surface area (TPSA) is 61.4 Å². The van der Waals surface area contributed by atoms with Crippen molar-refractivity contribution in [1.82, 2.24) is 10.2 Å². The molecule has 2 aromatic carbocycles. The standard InChI is InChI=1S/C24H31N3O2/c1-2-3-15-25-24(29)21-11-7-8-12-22(21)26-23(28)20-13-16-27(17-14-20)18-19-9-5-4-6-10-19/h4-12,20H,2-3,13-18H2,1H3,(H,25,29)(H,26,28). The van der Waals surface area contributed by atoms with Crippen LogP contribution < -0.4 is 10.6 Å². The second-order valence-corrected chi connectivity index (χ2v) is 7.68. The molecule has 2 amide bonds. The predicted molar refractivity (Wildman–Crippen MR) is 117 cm³/mol. The molecule has 1 saturated heterocycles. The Balaban J connectivity index is 1.53. The first-order valence-electron chi connectivity index (χ1n) is 10.6. The summed E-state index contributed by atoms with van der Waals surface area (Å²) in [5, 5.41) is 5.92. The molecule has 2 aromatic rings. The Morgan fingerprint density at radius 2 is 1.69 bits per heavy atom. The van der Waals surface area contributed by atoms with Gasteiger partial charge in [-0.15, -0.1) is 0 Å². The second kappa shape index (κ2) is 10.8. The monoisotopic (exact) mass is 393 g/mol. The molecule has 5 nitrogen and oxygen atoms in total. The molecule has 1 heterocycles. The van der Waals surface area contributed by atoms with Crippen molar-refractivity contribution in [2.45, 2.75) is 39.2 Å². The molecule has 0 atom stereocenters. The Bertz CT molecular complexity index is 799. The fourth-order valence-electron chi connectivity index (χ4n) is 3.69. The maximum absolute atomic E-state index is 12.8. The highest BCUT2D eigenvalue weighted by Crippen LogP contribution is 2.22. The largest absolute Gasteiger partial charge is 0.352 e. The highest BCUT2D eigenvalue weighted by Gasteiger charge is 2.26. The number of anilines is 1. The molecular weight excluding hydrogens is 362 g/mol. The van der Waals surface area contributed by atoms with Crippen LogP contribution in [0.25, 0.3) is 0 Å². The molecule has 1 aliphatic rings. The highest BCUT2D eigenvalue weighted by molar-refractivity contribution is 6.04. The predicted octanol–water partition coefficient (Wildman–Crippen LogP) is 4.07. The Labute approximate surface area is 173 Å². The summed E-state index contributed by atoms with van der Waals surface area (Å²) >= 11 is 0. The summed E-state index contributed by atoms with van der Waals surface area (Å²) in [4.78, 5) is 27.6. The Kier molecular flexibility index (Phi) is 7.82. The first-order valence-corrected chi connectivity index (χ1v) is 10.6. The van der Waals surface area contributed by atoms with Crippen LogP contribution >= 0.6 is 0 Å². The van der Waals surface area contributed by atoms with Crippen LogP contribution in [0, 0.1) is 5.92 Å². The number of amides is 2.